The van der Waals surface area contributed by atoms with Gasteiger partial charge in [-0.3, -0.25) is 9.69 Å². The van der Waals surface area contributed by atoms with Crippen molar-refractivity contribution in [2.75, 3.05) is 65.6 Å². The summed E-state index contributed by atoms with van der Waals surface area (Å²) >= 11 is 0. The molecule has 126 valence electrons. The van der Waals surface area contributed by atoms with Crippen LogP contribution in [0.15, 0.2) is 0 Å². The molecule has 1 atom stereocenters. The maximum Gasteiger partial charge on any atom is 0.225 e. The third-order valence-corrected chi connectivity index (χ3v) is 4.99. The van der Waals surface area contributed by atoms with E-state index in [2.05, 4.69) is 10.2 Å². The summed E-state index contributed by atoms with van der Waals surface area (Å²) in [5.41, 5.74) is 0. The number of hydrogen-bond acceptors (Lipinski definition) is 5. The highest BCUT2D eigenvalue weighted by atomic mass is 16.5. The van der Waals surface area contributed by atoms with E-state index in [1.807, 2.05) is 4.90 Å². The molecule has 0 radical (unpaired) electrons. The maximum absolute atomic E-state index is 12.4. The summed E-state index contributed by atoms with van der Waals surface area (Å²) in [6.45, 7) is 9.27. The summed E-state index contributed by atoms with van der Waals surface area (Å²) in [4.78, 5) is 16.9. The van der Waals surface area contributed by atoms with Crippen LogP contribution in [0.4, 0.5) is 0 Å². The molecule has 3 rings (SSSR count). The van der Waals surface area contributed by atoms with Crippen LogP contribution >= 0.6 is 0 Å². The zero-order valence-corrected chi connectivity index (χ0v) is 13.5. The number of rotatable bonds is 4. The Morgan fingerprint density at radius 3 is 2.55 bits per heavy atom. The van der Waals surface area contributed by atoms with Crippen LogP contribution in [-0.4, -0.2) is 87.4 Å². The summed E-state index contributed by atoms with van der Waals surface area (Å²) in [5.74, 6) is 0.994. The minimum Gasteiger partial charge on any atom is -0.379 e. The maximum atomic E-state index is 12.4. The molecule has 0 aliphatic carbocycles. The van der Waals surface area contributed by atoms with Crippen LogP contribution in [0.25, 0.3) is 0 Å². The van der Waals surface area contributed by atoms with E-state index >= 15 is 0 Å². The van der Waals surface area contributed by atoms with Gasteiger partial charge in [-0.1, -0.05) is 0 Å². The molecule has 0 aromatic carbocycles. The lowest BCUT2D eigenvalue weighted by atomic mass is 9.95. The van der Waals surface area contributed by atoms with Gasteiger partial charge in [0, 0.05) is 45.8 Å². The van der Waals surface area contributed by atoms with E-state index in [4.69, 9.17) is 9.47 Å². The molecule has 3 fully saturated rings. The van der Waals surface area contributed by atoms with Crippen LogP contribution in [0.5, 0.6) is 0 Å². The predicted molar refractivity (Wildman–Crippen MR) is 83.8 cm³/mol. The van der Waals surface area contributed by atoms with Gasteiger partial charge < -0.3 is 19.7 Å². The molecule has 1 unspecified atom stereocenters. The highest BCUT2D eigenvalue weighted by Crippen LogP contribution is 2.20. The molecule has 22 heavy (non-hydrogen) atoms. The van der Waals surface area contributed by atoms with Crippen LogP contribution in [-0.2, 0) is 14.3 Å². The second-order valence-electron chi connectivity index (χ2n) is 6.64. The SMILES string of the molecule is O=C(CC1CNCCO1)N1CCC(CN2CCOCC2)CC1. The monoisotopic (exact) mass is 311 g/mol. The van der Waals surface area contributed by atoms with Gasteiger partial charge in [0.1, 0.15) is 0 Å². The second-order valence-corrected chi connectivity index (χ2v) is 6.64. The number of carbonyl (C=O) groups excluding carboxylic acids is 1. The average Bonchev–Trinajstić information content (AvgIpc) is 2.57. The van der Waals surface area contributed by atoms with Crippen LogP contribution in [0.3, 0.4) is 0 Å². The minimum absolute atomic E-state index is 0.0623. The molecular formula is C16H29N3O3. The van der Waals surface area contributed by atoms with E-state index in [-0.39, 0.29) is 12.0 Å². The molecule has 6 nitrogen and oxygen atoms in total. The Morgan fingerprint density at radius 1 is 1.09 bits per heavy atom. The van der Waals surface area contributed by atoms with Crippen molar-refractivity contribution in [3.05, 3.63) is 0 Å². The Labute approximate surface area is 133 Å². The van der Waals surface area contributed by atoms with Gasteiger partial charge >= 0.3 is 0 Å². The molecule has 0 bridgehead atoms. The van der Waals surface area contributed by atoms with Gasteiger partial charge in [-0.2, -0.15) is 0 Å². The Kier molecular flexibility index (Phi) is 6.06. The summed E-state index contributed by atoms with van der Waals surface area (Å²) < 4.78 is 11.0. The van der Waals surface area contributed by atoms with Crippen LogP contribution in [0.1, 0.15) is 19.3 Å². The lowest BCUT2D eigenvalue weighted by molar-refractivity contribution is -0.136. The minimum atomic E-state index is 0.0623. The van der Waals surface area contributed by atoms with Crippen LogP contribution in [0.2, 0.25) is 0 Å². The third kappa shape index (κ3) is 4.65. The van der Waals surface area contributed by atoms with E-state index in [0.717, 1.165) is 77.8 Å². The third-order valence-electron chi connectivity index (χ3n) is 4.99. The second kappa shape index (κ2) is 8.24. The van der Waals surface area contributed by atoms with Gasteiger partial charge in [-0.15, -0.1) is 0 Å². The Balaban J connectivity index is 1.36. The van der Waals surface area contributed by atoms with Crippen molar-refractivity contribution < 1.29 is 14.3 Å². The van der Waals surface area contributed by atoms with Crippen molar-refractivity contribution >= 4 is 5.91 Å². The first kappa shape index (κ1) is 16.2. The van der Waals surface area contributed by atoms with E-state index in [1.54, 1.807) is 0 Å². The number of piperidine rings is 1. The van der Waals surface area contributed by atoms with Gasteiger partial charge in [-0.05, 0) is 18.8 Å². The molecule has 3 aliphatic heterocycles. The number of nitrogens with zero attached hydrogens (tertiary/aromatic N) is 2. The van der Waals surface area contributed by atoms with Gasteiger partial charge in [0.15, 0.2) is 0 Å². The van der Waals surface area contributed by atoms with Crippen molar-refractivity contribution in [3.8, 4) is 0 Å². The summed E-state index contributed by atoms with van der Waals surface area (Å²) in [6, 6.07) is 0. The molecule has 0 spiro atoms. The molecule has 0 saturated carbocycles. The number of morpholine rings is 2. The number of amides is 1. The zero-order chi connectivity index (χ0) is 15.2. The fraction of sp³-hybridized carbons (Fsp3) is 0.938. The molecule has 1 amide bonds. The van der Waals surface area contributed by atoms with Crippen molar-refractivity contribution in [3.63, 3.8) is 0 Å². The topological polar surface area (TPSA) is 54.0 Å². The largest absolute Gasteiger partial charge is 0.379 e. The van der Waals surface area contributed by atoms with E-state index in [9.17, 15) is 4.79 Å². The summed E-state index contributed by atoms with van der Waals surface area (Å²) in [6.07, 6.45) is 2.85. The summed E-state index contributed by atoms with van der Waals surface area (Å²) in [5, 5.41) is 3.28. The smallest absolute Gasteiger partial charge is 0.225 e. The van der Waals surface area contributed by atoms with Crippen LogP contribution < -0.4 is 5.32 Å². The highest BCUT2D eigenvalue weighted by Gasteiger charge is 2.27. The molecule has 3 aliphatic rings. The van der Waals surface area contributed by atoms with Crippen molar-refractivity contribution in [2.24, 2.45) is 5.92 Å². The molecule has 0 aromatic rings. The summed E-state index contributed by atoms with van der Waals surface area (Å²) in [7, 11) is 0. The van der Waals surface area contributed by atoms with Crippen molar-refractivity contribution in [2.45, 2.75) is 25.4 Å². The number of carbonyl (C=O) groups is 1. The first-order valence-electron chi connectivity index (χ1n) is 8.71. The molecule has 1 N–H and O–H groups in total. The van der Waals surface area contributed by atoms with Gasteiger partial charge in [0.05, 0.1) is 32.3 Å². The highest BCUT2D eigenvalue weighted by molar-refractivity contribution is 5.76. The van der Waals surface area contributed by atoms with Gasteiger partial charge in [0.2, 0.25) is 5.91 Å². The van der Waals surface area contributed by atoms with E-state index < -0.39 is 0 Å². The van der Waals surface area contributed by atoms with Crippen molar-refractivity contribution in [1.29, 1.82) is 0 Å². The Morgan fingerprint density at radius 2 is 1.86 bits per heavy atom. The lowest BCUT2D eigenvalue weighted by Gasteiger charge is -2.36. The molecule has 3 heterocycles. The standard InChI is InChI=1S/C16H29N3O3/c20-16(11-15-12-17-3-8-22-15)19-4-1-14(2-5-19)13-18-6-9-21-10-7-18/h14-15,17H,1-13H2. The number of nitrogens with one attached hydrogen (secondary N) is 1. The van der Waals surface area contributed by atoms with Gasteiger partial charge in [-0.25, -0.2) is 0 Å². The lowest BCUT2D eigenvalue weighted by Crippen LogP contribution is -2.46. The van der Waals surface area contributed by atoms with Crippen molar-refractivity contribution in [1.82, 2.24) is 15.1 Å². The number of likely N-dealkylation sites (tertiary alicyclic amines) is 1. The van der Waals surface area contributed by atoms with E-state index in [0.29, 0.717) is 6.42 Å². The number of hydrogen-bond donors (Lipinski definition) is 1. The Hall–Kier alpha value is -0.690. The average molecular weight is 311 g/mol. The fourth-order valence-corrected chi connectivity index (χ4v) is 3.59. The zero-order valence-electron chi connectivity index (χ0n) is 13.5. The molecular weight excluding hydrogens is 282 g/mol. The first-order valence-corrected chi connectivity index (χ1v) is 8.71. The number of ether oxygens (including phenoxy) is 2. The molecule has 3 saturated heterocycles. The quantitative estimate of drug-likeness (QED) is 0.788. The molecule has 0 aromatic heterocycles. The Bertz CT molecular complexity index is 347. The predicted octanol–water partition coefficient (Wildman–Crippen LogP) is -0.0643. The van der Waals surface area contributed by atoms with Gasteiger partial charge in [0.25, 0.3) is 0 Å². The normalized spacial score (nSPS) is 28.7. The molecule has 6 heteroatoms. The fourth-order valence-electron chi connectivity index (χ4n) is 3.59. The van der Waals surface area contributed by atoms with E-state index in [1.165, 1.54) is 6.54 Å². The first-order chi connectivity index (χ1) is 10.8. The van der Waals surface area contributed by atoms with Crippen LogP contribution in [0, 0.1) is 5.92 Å².